The van der Waals surface area contributed by atoms with Gasteiger partial charge in [-0.05, 0) is 62.8 Å². The topological polar surface area (TPSA) is 75.2 Å². The summed E-state index contributed by atoms with van der Waals surface area (Å²) in [6, 6.07) is 4.80. The lowest BCUT2D eigenvalue weighted by Crippen LogP contribution is -2.50. The monoisotopic (exact) mass is 376 g/mol. The Morgan fingerprint density at radius 2 is 1.92 bits per heavy atom. The van der Waals surface area contributed by atoms with Crippen LogP contribution >= 0.6 is 11.5 Å². The van der Waals surface area contributed by atoms with Crippen LogP contribution in [0.2, 0.25) is 0 Å². The quantitative estimate of drug-likeness (QED) is 0.871. The van der Waals surface area contributed by atoms with Gasteiger partial charge in [0, 0.05) is 17.0 Å². The molecule has 1 N–H and O–H groups in total. The van der Waals surface area contributed by atoms with E-state index in [1.54, 1.807) is 22.4 Å². The van der Waals surface area contributed by atoms with Crippen molar-refractivity contribution in [3.05, 3.63) is 46.7 Å². The molecule has 1 heterocycles. The van der Waals surface area contributed by atoms with Gasteiger partial charge in [-0.25, -0.2) is 4.39 Å². The number of rotatable bonds is 5. The van der Waals surface area contributed by atoms with Gasteiger partial charge in [-0.2, -0.15) is 0 Å². The Labute approximate surface area is 155 Å². The normalized spacial score (nSPS) is 15.4. The first-order chi connectivity index (χ1) is 12.3. The van der Waals surface area contributed by atoms with Crippen LogP contribution in [0.4, 0.5) is 4.39 Å². The summed E-state index contributed by atoms with van der Waals surface area (Å²) in [5.74, 6) is -1.02. The fourth-order valence-electron chi connectivity index (χ4n) is 2.76. The van der Waals surface area contributed by atoms with E-state index in [0.29, 0.717) is 5.56 Å². The van der Waals surface area contributed by atoms with Crippen molar-refractivity contribution in [3.63, 3.8) is 0 Å². The molecule has 0 unspecified atom stereocenters. The first kappa shape index (κ1) is 18.4. The van der Waals surface area contributed by atoms with Gasteiger partial charge in [0.15, 0.2) is 5.69 Å². The largest absolute Gasteiger partial charge is 0.349 e. The third kappa shape index (κ3) is 4.24. The Kier molecular flexibility index (Phi) is 5.04. The number of nitrogens with one attached hydrogen (secondary N) is 1. The summed E-state index contributed by atoms with van der Waals surface area (Å²) in [7, 11) is 0. The maximum atomic E-state index is 13.4. The van der Waals surface area contributed by atoms with Gasteiger partial charge in [0.25, 0.3) is 5.91 Å². The van der Waals surface area contributed by atoms with Crippen LogP contribution in [0.5, 0.6) is 0 Å². The molecule has 1 saturated carbocycles. The molecular weight excluding hydrogens is 355 g/mol. The van der Waals surface area contributed by atoms with Gasteiger partial charge in [0.1, 0.15) is 11.9 Å². The van der Waals surface area contributed by atoms with Crippen molar-refractivity contribution in [2.45, 2.75) is 51.2 Å². The molecule has 0 spiro atoms. The first-order valence-corrected chi connectivity index (χ1v) is 9.27. The van der Waals surface area contributed by atoms with Crippen molar-refractivity contribution in [3.8, 4) is 0 Å². The number of nitrogens with zero attached hydrogens (tertiary/aromatic N) is 3. The highest BCUT2D eigenvalue weighted by Crippen LogP contribution is 2.36. The number of hydrogen-bond donors (Lipinski definition) is 1. The lowest BCUT2D eigenvalue weighted by atomic mass is 10.0. The number of benzene rings is 1. The van der Waals surface area contributed by atoms with Gasteiger partial charge in [-0.3, -0.25) is 9.59 Å². The highest BCUT2D eigenvalue weighted by Gasteiger charge is 2.43. The van der Waals surface area contributed by atoms with Crippen LogP contribution in [-0.2, 0) is 4.79 Å². The van der Waals surface area contributed by atoms with Crippen LogP contribution < -0.4 is 5.32 Å². The molecule has 2 amide bonds. The zero-order chi connectivity index (χ0) is 18.9. The summed E-state index contributed by atoms with van der Waals surface area (Å²) in [6.07, 6.45) is 1.65. The first-order valence-electron chi connectivity index (χ1n) is 8.43. The number of carbonyl (C=O) groups is 2. The van der Waals surface area contributed by atoms with Crippen molar-refractivity contribution in [1.82, 2.24) is 19.8 Å². The van der Waals surface area contributed by atoms with Crippen LogP contribution in [0.15, 0.2) is 29.6 Å². The van der Waals surface area contributed by atoms with Crippen molar-refractivity contribution in [1.29, 1.82) is 0 Å². The van der Waals surface area contributed by atoms with Crippen molar-refractivity contribution < 1.29 is 14.0 Å². The molecule has 26 heavy (non-hydrogen) atoms. The zero-order valence-electron chi connectivity index (χ0n) is 14.9. The van der Waals surface area contributed by atoms with E-state index in [-0.39, 0.29) is 23.6 Å². The van der Waals surface area contributed by atoms with E-state index in [4.69, 9.17) is 0 Å². The molecule has 1 aromatic heterocycles. The van der Waals surface area contributed by atoms with E-state index in [1.807, 2.05) is 20.8 Å². The van der Waals surface area contributed by atoms with Gasteiger partial charge in [0.05, 0.1) is 0 Å². The van der Waals surface area contributed by atoms with Gasteiger partial charge in [-0.15, -0.1) is 5.10 Å². The van der Waals surface area contributed by atoms with E-state index < -0.39 is 17.4 Å². The second-order valence-electron chi connectivity index (χ2n) is 7.43. The average molecular weight is 376 g/mol. The molecule has 0 saturated heterocycles. The smallest absolute Gasteiger partial charge is 0.276 e. The highest BCUT2D eigenvalue weighted by atomic mass is 32.1. The third-order valence-electron chi connectivity index (χ3n) is 3.96. The maximum absolute atomic E-state index is 13.4. The fourth-order valence-corrected chi connectivity index (χ4v) is 3.19. The van der Waals surface area contributed by atoms with E-state index in [2.05, 4.69) is 14.9 Å². The molecule has 1 fully saturated rings. The molecule has 0 radical (unpaired) electrons. The molecule has 2 aromatic rings. The SMILES string of the molecule is CC(C)(C)NC(=O)[C@H](c1ccc(F)cc1)N(C(=O)c1csnn1)C1CC1. The predicted octanol–water partition coefficient (Wildman–Crippen LogP) is 2.94. The number of carbonyl (C=O) groups excluding carboxylic acids is 2. The average Bonchev–Trinajstić information content (AvgIpc) is 3.23. The minimum absolute atomic E-state index is 0.0371. The standard InChI is InChI=1S/C18H21FN4O2S/c1-18(2,3)20-16(24)15(11-4-6-12(19)7-5-11)23(13-8-9-13)17(25)14-10-26-22-21-14/h4-7,10,13,15H,8-9H2,1-3H3,(H,20,24)/t15-/m0/s1. The van der Waals surface area contributed by atoms with E-state index in [9.17, 15) is 14.0 Å². The summed E-state index contributed by atoms with van der Waals surface area (Å²) < 4.78 is 17.1. The van der Waals surface area contributed by atoms with Crippen molar-refractivity contribution in [2.24, 2.45) is 0 Å². The molecule has 0 bridgehead atoms. The second kappa shape index (κ2) is 7.11. The van der Waals surface area contributed by atoms with Crippen molar-refractivity contribution >= 4 is 23.3 Å². The number of aromatic nitrogens is 2. The number of halogens is 1. The summed E-state index contributed by atoms with van der Waals surface area (Å²) >= 11 is 1.09. The van der Waals surface area contributed by atoms with Crippen LogP contribution in [0.3, 0.4) is 0 Å². The fraction of sp³-hybridized carbons (Fsp3) is 0.444. The Hall–Kier alpha value is -2.35. The molecule has 6 nitrogen and oxygen atoms in total. The van der Waals surface area contributed by atoms with Gasteiger partial charge >= 0.3 is 0 Å². The van der Waals surface area contributed by atoms with E-state index in [0.717, 1.165) is 24.4 Å². The molecule has 0 aliphatic heterocycles. The van der Waals surface area contributed by atoms with Crippen LogP contribution in [-0.4, -0.2) is 37.9 Å². The predicted molar refractivity (Wildman–Crippen MR) is 96.1 cm³/mol. The molecule has 8 heteroatoms. The van der Waals surface area contributed by atoms with E-state index in [1.165, 1.54) is 12.1 Å². The zero-order valence-corrected chi connectivity index (χ0v) is 15.7. The molecular formula is C18H21FN4O2S. The maximum Gasteiger partial charge on any atom is 0.276 e. The van der Waals surface area contributed by atoms with Gasteiger partial charge in [-0.1, -0.05) is 16.6 Å². The van der Waals surface area contributed by atoms with Gasteiger partial charge < -0.3 is 10.2 Å². The van der Waals surface area contributed by atoms with Crippen molar-refractivity contribution in [2.75, 3.05) is 0 Å². The molecule has 1 aromatic carbocycles. The molecule has 138 valence electrons. The summed E-state index contributed by atoms with van der Waals surface area (Å²) in [5, 5.41) is 8.36. The highest BCUT2D eigenvalue weighted by molar-refractivity contribution is 7.03. The Balaban J connectivity index is 2.00. The van der Waals surface area contributed by atoms with Crippen LogP contribution in [0.1, 0.15) is 55.7 Å². The Morgan fingerprint density at radius 3 is 2.42 bits per heavy atom. The summed E-state index contributed by atoms with van der Waals surface area (Å²) in [6.45, 7) is 5.63. The van der Waals surface area contributed by atoms with Crippen LogP contribution in [0.25, 0.3) is 0 Å². The van der Waals surface area contributed by atoms with Gasteiger partial charge in [0.2, 0.25) is 5.91 Å². The minimum Gasteiger partial charge on any atom is -0.349 e. The third-order valence-corrected chi connectivity index (χ3v) is 4.47. The number of amides is 2. The molecule has 1 aliphatic rings. The molecule has 1 atom stereocenters. The summed E-state index contributed by atoms with van der Waals surface area (Å²) in [5.41, 5.74) is 0.324. The molecule has 3 rings (SSSR count). The molecule has 1 aliphatic carbocycles. The Bertz CT molecular complexity index is 783. The van der Waals surface area contributed by atoms with E-state index >= 15 is 0 Å². The Morgan fingerprint density at radius 1 is 1.27 bits per heavy atom. The second-order valence-corrected chi connectivity index (χ2v) is 8.04. The number of hydrogen-bond acceptors (Lipinski definition) is 5. The van der Waals surface area contributed by atoms with Crippen LogP contribution in [0, 0.1) is 5.82 Å². The lowest BCUT2D eigenvalue weighted by molar-refractivity contribution is -0.127. The summed E-state index contributed by atoms with van der Waals surface area (Å²) in [4.78, 5) is 27.6. The lowest BCUT2D eigenvalue weighted by Gasteiger charge is -2.33. The minimum atomic E-state index is -0.850.